The van der Waals surface area contributed by atoms with Crippen LogP contribution in [0.25, 0.3) is 11.0 Å². The van der Waals surface area contributed by atoms with Gasteiger partial charge in [-0.05, 0) is 38.5 Å². The first-order chi connectivity index (χ1) is 16.8. The summed E-state index contributed by atoms with van der Waals surface area (Å²) in [5.41, 5.74) is 3.49. The van der Waals surface area contributed by atoms with Crippen molar-refractivity contribution in [2.75, 3.05) is 11.5 Å². The third kappa shape index (κ3) is 3.76. The highest BCUT2D eigenvalue weighted by molar-refractivity contribution is 7.17. The molecule has 0 radical (unpaired) electrons. The second kappa shape index (κ2) is 8.63. The van der Waals surface area contributed by atoms with E-state index in [1.807, 2.05) is 44.2 Å². The number of esters is 1. The number of nitrogens with zero attached hydrogens (tertiary/aromatic N) is 2. The number of aromatic nitrogens is 1. The Morgan fingerprint density at radius 2 is 1.86 bits per heavy atom. The van der Waals surface area contributed by atoms with Crippen molar-refractivity contribution in [3.63, 3.8) is 0 Å². The number of benzene rings is 2. The molecule has 3 heterocycles. The summed E-state index contributed by atoms with van der Waals surface area (Å²) in [6, 6.07) is 12.2. The summed E-state index contributed by atoms with van der Waals surface area (Å²) in [6.07, 6.45) is 1.48. The summed E-state index contributed by atoms with van der Waals surface area (Å²) in [5, 5.41) is 0.703. The smallest absolute Gasteiger partial charge is 0.350 e. The first-order valence-electron chi connectivity index (χ1n) is 11.0. The Bertz CT molecular complexity index is 1570. The van der Waals surface area contributed by atoms with Crippen molar-refractivity contribution in [1.82, 2.24) is 4.98 Å². The monoisotopic (exact) mass is 486 g/mol. The fourth-order valence-electron chi connectivity index (χ4n) is 4.22. The molecule has 0 saturated heterocycles. The van der Waals surface area contributed by atoms with Crippen LogP contribution in [0.1, 0.15) is 54.2 Å². The molecule has 2 aromatic heterocycles. The molecule has 5 rings (SSSR count). The van der Waals surface area contributed by atoms with E-state index >= 15 is 0 Å². The lowest BCUT2D eigenvalue weighted by Gasteiger charge is -2.22. The van der Waals surface area contributed by atoms with E-state index < -0.39 is 17.9 Å². The first kappa shape index (κ1) is 22.7. The molecular weight excluding hydrogens is 464 g/mol. The molecule has 1 amide bonds. The average Bonchev–Trinajstić information content (AvgIpc) is 3.36. The van der Waals surface area contributed by atoms with Crippen LogP contribution in [0.15, 0.2) is 64.3 Å². The molecular formula is C27H22N2O5S. The number of aryl methyl sites for hydroxylation is 3. The Hall–Kier alpha value is -4.04. The molecule has 176 valence electrons. The minimum absolute atomic E-state index is 0.0134. The van der Waals surface area contributed by atoms with Gasteiger partial charge in [-0.1, -0.05) is 65.5 Å². The van der Waals surface area contributed by atoms with Gasteiger partial charge in [0, 0.05) is 0 Å². The summed E-state index contributed by atoms with van der Waals surface area (Å²) < 4.78 is 11.2. The van der Waals surface area contributed by atoms with Gasteiger partial charge < -0.3 is 9.15 Å². The summed E-state index contributed by atoms with van der Waals surface area (Å²) >= 11 is 1.05. The summed E-state index contributed by atoms with van der Waals surface area (Å²) in [5.74, 6) is -1.04. The van der Waals surface area contributed by atoms with E-state index in [1.165, 1.54) is 11.0 Å². The molecule has 1 atom stereocenters. The van der Waals surface area contributed by atoms with E-state index in [9.17, 15) is 14.4 Å². The second-order valence-electron chi connectivity index (χ2n) is 8.46. The van der Waals surface area contributed by atoms with E-state index in [-0.39, 0.29) is 33.4 Å². The lowest BCUT2D eigenvalue weighted by atomic mass is 9.97. The second-order valence-corrected chi connectivity index (χ2v) is 9.44. The van der Waals surface area contributed by atoms with Crippen LogP contribution in [0.4, 0.5) is 5.13 Å². The van der Waals surface area contributed by atoms with Crippen molar-refractivity contribution in [2.24, 2.45) is 0 Å². The summed E-state index contributed by atoms with van der Waals surface area (Å²) in [7, 11) is 0. The first-order valence-corrected chi connectivity index (χ1v) is 11.8. The lowest BCUT2D eigenvalue weighted by molar-refractivity contribution is 0.0554. The van der Waals surface area contributed by atoms with Crippen molar-refractivity contribution < 1.29 is 18.7 Å². The third-order valence-electron chi connectivity index (χ3n) is 5.93. The zero-order valence-electron chi connectivity index (χ0n) is 19.5. The summed E-state index contributed by atoms with van der Waals surface area (Å²) in [6.45, 7) is 9.16. The molecule has 0 spiro atoms. The zero-order chi connectivity index (χ0) is 24.9. The number of carbonyl (C=O) groups is 2. The Morgan fingerprint density at radius 3 is 2.57 bits per heavy atom. The van der Waals surface area contributed by atoms with E-state index in [1.54, 1.807) is 19.1 Å². The third-order valence-corrected chi connectivity index (χ3v) is 7.06. The molecule has 0 fully saturated rings. The highest BCUT2D eigenvalue weighted by Gasteiger charge is 2.45. The molecule has 4 aromatic rings. The van der Waals surface area contributed by atoms with Gasteiger partial charge in [-0.25, -0.2) is 9.78 Å². The molecule has 2 aromatic carbocycles. The molecule has 0 N–H and O–H groups in total. The van der Waals surface area contributed by atoms with Gasteiger partial charge in [-0.15, -0.1) is 0 Å². The van der Waals surface area contributed by atoms with E-state index in [0.29, 0.717) is 16.7 Å². The molecule has 1 aliphatic rings. The van der Waals surface area contributed by atoms with E-state index in [0.717, 1.165) is 28.0 Å². The Labute approximate surface area is 205 Å². The Morgan fingerprint density at radius 1 is 1.14 bits per heavy atom. The van der Waals surface area contributed by atoms with Crippen molar-refractivity contribution in [1.29, 1.82) is 0 Å². The number of carbonyl (C=O) groups excluding carboxylic acids is 2. The standard InChI is InChI=1S/C27H22N2O5S/c1-5-12-33-26(32)24-16(4)28-27(35-24)29-21(17-9-6-14(2)7-10-17)20-22(30)18-13-15(3)8-11-19(18)34-23(20)25(29)31/h5-11,13,21H,1,12H2,2-4H3. The van der Waals surface area contributed by atoms with Crippen LogP contribution < -0.4 is 10.3 Å². The number of ether oxygens (including phenoxy) is 1. The molecule has 7 nitrogen and oxygen atoms in total. The number of hydrogen-bond acceptors (Lipinski definition) is 7. The predicted octanol–water partition coefficient (Wildman–Crippen LogP) is 5.27. The largest absolute Gasteiger partial charge is 0.457 e. The minimum atomic E-state index is -0.748. The average molecular weight is 487 g/mol. The summed E-state index contributed by atoms with van der Waals surface area (Å²) in [4.78, 5) is 46.2. The molecule has 1 aliphatic heterocycles. The zero-order valence-corrected chi connectivity index (χ0v) is 20.3. The van der Waals surface area contributed by atoms with E-state index in [4.69, 9.17) is 9.15 Å². The molecule has 8 heteroatoms. The molecule has 1 unspecified atom stereocenters. The predicted molar refractivity (Wildman–Crippen MR) is 134 cm³/mol. The fourth-order valence-corrected chi connectivity index (χ4v) is 5.21. The van der Waals surface area contributed by atoms with Crippen LogP contribution in [0.3, 0.4) is 0 Å². The van der Waals surface area contributed by atoms with Gasteiger partial charge in [0.25, 0.3) is 5.91 Å². The maximum atomic E-state index is 13.7. The van der Waals surface area contributed by atoms with Crippen molar-refractivity contribution in [3.8, 4) is 0 Å². The van der Waals surface area contributed by atoms with Crippen molar-refractivity contribution in [3.05, 3.63) is 104 Å². The number of amides is 1. The van der Waals surface area contributed by atoms with Crippen LogP contribution in [0.2, 0.25) is 0 Å². The number of hydrogen-bond donors (Lipinski definition) is 0. The highest BCUT2D eigenvalue weighted by Crippen LogP contribution is 2.43. The van der Waals surface area contributed by atoms with Gasteiger partial charge in [0.2, 0.25) is 5.76 Å². The number of rotatable bonds is 5. The van der Waals surface area contributed by atoms with Gasteiger partial charge in [0.15, 0.2) is 10.6 Å². The van der Waals surface area contributed by atoms with Crippen LogP contribution in [0, 0.1) is 20.8 Å². The topological polar surface area (TPSA) is 89.7 Å². The normalized spacial score (nSPS) is 14.9. The number of anilines is 1. The molecule has 0 bridgehead atoms. The van der Waals surface area contributed by atoms with E-state index in [2.05, 4.69) is 11.6 Å². The number of thiazole rings is 1. The highest BCUT2D eigenvalue weighted by atomic mass is 32.1. The maximum absolute atomic E-state index is 13.7. The number of fused-ring (bicyclic) bond motifs is 2. The van der Waals surface area contributed by atoms with Crippen LogP contribution >= 0.6 is 11.3 Å². The van der Waals surface area contributed by atoms with Crippen molar-refractivity contribution in [2.45, 2.75) is 26.8 Å². The van der Waals surface area contributed by atoms with Crippen LogP contribution in [-0.4, -0.2) is 23.5 Å². The Balaban J connectivity index is 1.72. The van der Waals surface area contributed by atoms with Crippen molar-refractivity contribution >= 4 is 39.3 Å². The SMILES string of the molecule is C=CCOC(=O)c1sc(N2C(=O)c3oc4ccc(C)cc4c(=O)c3C2c2ccc(C)cc2)nc1C. The van der Waals surface area contributed by atoms with Gasteiger partial charge in [-0.2, -0.15) is 0 Å². The molecule has 0 saturated carbocycles. The Kier molecular flexibility index (Phi) is 5.61. The quantitative estimate of drug-likeness (QED) is 0.282. The van der Waals surface area contributed by atoms with Crippen LogP contribution in [0.5, 0.6) is 0 Å². The lowest BCUT2D eigenvalue weighted by Crippen LogP contribution is -2.29. The minimum Gasteiger partial charge on any atom is -0.457 e. The fraction of sp³-hybridized carbons (Fsp3) is 0.185. The van der Waals surface area contributed by atoms with Gasteiger partial charge >= 0.3 is 5.97 Å². The molecule has 0 aliphatic carbocycles. The van der Waals surface area contributed by atoms with Crippen LogP contribution in [-0.2, 0) is 4.74 Å². The van der Waals surface area contributed by atoms with Gasteiger partial charge in [0.05, 0.1) is 22.7 Å². The van der Waals surface area contributed by atoms with Gasteiger partial charge in [0.1, 0.15) is 17.1 Å². The molecule has 35 heavy (non-hydrogen) atoms. The maximum Gasteiger partial charge on any atom is 0.350 e. The van der Waals surface area contributed by atoms with Gasteiger partial charge in [-0.3, -0.25) is 14.5 Å².